The van der Waals surface area contributed by atoms with E-state index in [2.05, 4.69) is 0 Å². The predicted molar refractivity (Wildman–Crippen MR) is 80.4 cm³/mol. The highest BCUT2D eigenvalue weighted by Crippen LogP contribution is 2.69. The lowest BCUT2D eigenvalue weighted by molar-refractivity contribution is -0.125. The van der Waals surface area contributed by atoms with Crippen LogP contribution in [0.25, 0.3) is 0 Å². The summed E-state index contributed by atoms with van der Waals surface area (Å²) in [5, 5.41) is 39.4. The van der Waals surface area contributed by atoms with Crippen molar-refractivity contribution in [3.8, 4) is 24.3 Å². The molecule has 0 heterocycles. The fourth-order valence-corrected chi connectivity index (χ4v) is 4.84. The molecule has 0 saturated heterocycles. The van der Waals surface area contributed by atoms with E-state index in [0.717, 1.165) is 11.1 Å². The third-order valence-electron chi connectivity index (χ3n) is 5.85. The Morgan fingerprint density at radius 1 is 0.833 bits per heavy atom. The molecule has 5 heteroatoms. The first kappa shape index (κ1) is 14.2. The molecule has 5 nitrogen and oxygen atoms in total. The minimum atomic E-state index is -1.88. The number of ketones is 1. The molecule has 3 aliphatic carbocycles. The summed E-state index contributed by atoms with van der Waals surface area (Å²) in [5.41, 5.74) is -2.24. The summed E-state index contributed by atoms with van der Waals surface area (Å²) in [5.74, 6) is -2.72. The summed E-state index contributed by atoms with van der Waals surface area (Å²) < 4.78 is 0. The Hall–Kier alpha value is -3.41. The van der Waals surface area contributed by atoms with Gasteiger partial charge < -0.3 is 0 Å². The Morgan fingerprint density at radius 2 is 1.42 bits per heavy atom. The monoisotopic (exact) mass is 310 g/mol. The summed E-state index contributed by atoms with van der Waals surface area (Å²) in [4.78, 5) is 13.0. The van der Waals surface area contributed by atoms with E-state index in [9.17, 15) is 25.8 Å². The van der Waals surface area contributed by atoms with E-state index >= 15 is 0 Å². The minimum Gasteiger partial charge on any atom is -0.298 e. The van der Waals surface area contributed by atoms with Gasteiger partial charge in [-0.25, -0.2) is 0 Å². The first-order chi connectivity index (χ1) is 11.6. The highest BCUT2D eigenvalue weighted by atomic mass is 16.1. The topological polar surface area (TPSA) is 112 Å². The van der Waals surface area contributed by atoms with E-state index in [4.69, 9.17) is 0 Å². The van der Waals surface area contributed by atoms with Crippen molar-refractivity contribution >= 4 is 5.78 Å². The molecule has 0 radical (unpaired) electrons. The van der Waals surface area contributed by atoms with Gasteiger partial charge in [-0.2, -0.15) is 21.0 Å². The largest absolute Gasteiger partial charge is 0.298 e. The fraction of sp³-hybridized carbons (Fsp3) is 0.316. The van der Waals surface area contributed by atoms with Gasteiger partial charge in [-0.3, -0.25) is 4.79 Å². The SMILES string of the molecule is N#CC1(C#N)[C@@H]2C=C[C@@H]3C(=O)[C@@H]2[C@@H](c2ccccc23)C1(C#N)C#N. The molecule has 1 aromatic rings. The average molecular weight is 310 g/mol. The second-order valence-electron chi connectivity index (χ2n) is 6.49. The van der Waals surface area contributed by atoms with Crippen LogP contribution in [0.4, 0.5) is 0 Å². The van der Waals surface area contributed by atoms with Crippen LogP contribution < -0.4 is 0 Å². The number of carbonyl (C=O) groups is 1. The summed E-state index contributed by atoms with van der Waals surface area (Å²) in [6, 6.07) is 15.1. The van der Waals surface area contributed by atoms with Crippen molar-refractivity contribution in [2.75, 3.05) is 0 Å². The number of hydrogen-bond donors (Lipinski definition) is 0. The van der Waals surface area contributed by atoms with Crippen LogP contribution in [0.2, 0.25) is 0 Å². The van der Waals surface area contributed by atoms with Crippen molar-refractivity contribution in [2.24, 2.45) is 22.7 Å². The zero-order valence-electron chi connectivity index (χ0n) is 12.5. The molecule has 1 fully saturated rings. The molecular formula is C19H10N4O. The Labute approximate surface area is 138 Å². The van der Waals surface area contributed by atoms with Gasteiger partial charge in [0, 0.05) is 17.8 Å². The van der Waals surface area contributed by atoms with Gasteiger partial charge in [0.15, 0.2) is 10.8 Å². The highest BCUT2D eigenvalue weighted by molar-refractivity contribution is 5.96. The first-order valence-electron chi connectivity index (χ1n) is 7.57. The van der Waals surface area contributed by atoms with Crippen molar-refractivity contribution in [2.45, 2.75) is 11.8 Å². The predicted octanol–water partition coefficient (Wildman–Crippen LogP) is 2.32. The van der Waals surface area contributed by atoms with Gasteiger partial charge in [-0.1, -0.05) is 36.4 Å². The summed E-state index contributed by atoms with van der Waals surface area (Å²) in [6.45, 7) is 0. The Kier molecular flexibility index (Phi) is 2.56. The molecule has 0 unspecified atom stereocenters. The Morgan fingerprint density at radius 3 is 2.00 bits per heavy atom. The van der Waals surface area contributed by atoms with Crippen LogP contribution in [-0.4, -0.2) is 5.78 Å². The number of benzene rings is 1. The number of allylic oxidation sites excluding steroid dienone is 2. The number of nitrogens with zero attached hydrogens (tertiary/aromatic N) is 4. The minimum absolute atomic E-state index is 0.103. The molecule has 24 heavy (non-hydrogen) atoms. The Balaban J connectivity index is 2.18. The van der Waals surface area contributed by atoms with Gasteiger partial charge in [0.2, 0.25) is 0 Å². The van der Waals surface area contributed by atoms with Gasteiger partial charge in [0.25, 0.3) is 0 Å². The summed E-state index contributed by atoms with van der Waals surface area (Å²) in [6.07, 6.45) is 3.41. The van der Waals surface area contributed by atoms with Gasteiger partial charge in [0.05, 0.1) is 30.2 Å². The lowest BCUT2D eigenvalue weighted by Crippen LogP contribution is -2.39. The molecule has 1 aromatic carbocycles. The molecule has 3 aliphatic rings. The van der Waals surface area contributed by atoms with Gasteiger partial charge in [0.1, 0.15) is 5.78 Å². The van der Waals surface area contributed by atoms with E-state index in [1.54, 1.807) is 24.3 Å². The highest BCUT2D eigenvalue weighted by Gasteiger charge is 2.75. The molecule has 0 aromatic heterocycles. The number of hydrogen-bond acceptors (Lipinski definition) is 5. The van der Waals surface area contributed by atoms with Crippen LogP contribution in [0.3, 0.4) is 0 Å². The van der Waals surface area contributed by atoms with Gasteiger partial charge in [-0.05, 0) is 11.1 Å². The van der Waals surface area contributed by atoms with E-state index in [0.29, 0.717) is 0 Å². The third-order valence-corrected chi connectivity index (χ3v) is 5.85. The molecule has 0 spiro atoms. The van der Waals surface area contributed by atoms with E-state index in [-0.39, 0.29) is 5.78 Å². The van der Waals surface area contributed by atoms with Crippen LogP contribution >= 0.6 is 0 Å². The lowest BCUT2D eigenvalue weighted by Gasteiger charge is -2.37. The second-order valence-corrected chi connectivity index (χ2v) is 6.49. The van der Waals surface area contributed by atoms with Crippen LogP contribution in [0, 0.1) is 68.0 Å². The second kappa shape index (κ2) is 4.32. The molecule has 0 aliphatic heterocycles. The van der Waals surface area contributed by atoms with E-state index in [1.165, 1.54) is 0 Å². The fourth-order valence-electron chi connectivity index (χ4n) is 4.84. The molecule has 4 atom stereocenters. The maximum absolute atomic E-state index is 13.0. The number of nitriles is 4. The molecule has 0 amide bonds. The summed E-state index contributed by atoms with van der Waals surface area (Å²) >= 11 is 0. The van der Waals surface area contributed by atoms with Crippen LogP contribution in [0.15, 0.2) is 36.4 Å². The third kappa shape index (κ3) is 1.19. The van der Waals surface area contributed by atoms with E-state index in [1.807, 2.05) is 36.4 Å². The molecule has 4 rings (SSSR count). The van der Waals surface area contributed by atoms with Crippen LogP contribution in [-0.2, 0) is 4.79 Å². The van der Waals surface area contributed by atoms with Crippen LogP contribution in [0.1, 0.15) is 23.0 Å². The summed E-state index contributed by atoms with van der Waals surface area (Å²) in [7, 11) is 0. The average Bonchev–Trinajstić information content (AvgIpc) is 2.90. The van der Waals surface area contributed by atoms with Gasteiger partial charge >= 0.3 is 0 Å². The first-order valence-corrected chi connectivity index (χ1v) is 7.57. The van der Waals surface area contributed by atoms with E-state index < -0.39 is 34.5 Å². The van der Waals surface area contributed by atoms with Crippen molar-refractivity contribution in [1.82, 2.24) is 0 Å². The van der Waals surface area contributed by atoms with Crippen molar-refractivity contribution in [3.63, 3.8) is 0 Å². The Bertz CT molecular complexity index is 950. The van der Waals surface area contributed by atoms with Crippen molar-refractivity contribution in [3.05, 3.63) is 47.5 Å². The zero-order valence-corrected chi connectivity index (χ0v) is 12.5. The van der Waals surface area contributed by atoms with Crippen molar-refractivity contribution in [1.29, 1.82) is 21.0 Å². The lowest BCUT2D eigenvalue weighted by atomic mass is 9.60. The molecule has 0 N–H and O–H groups in total. The van der Waals surface area contributed by atoms with Gasteiger partial charge in [-0.15, -0.1) is 0 Å². The number of carbonyl (C=O) groups excluding carboxylic acids is 1. The normalized spacial score (nSPS) is 32.6. The standard InChI is InChI=1S/C19H10N4O/c20-7-18(8-21)14-6-5-13-11-3-1-2-4-12(11)16(15(14)17(13)24)19(18,9-22)10-23/h1-6,13-16H/t13-,14+,15-,16+/m0/s1. The number of fused-ring (bicyclic) bond motifs is 4. The molecular weight excluding hydrogens is 300 g/mol. The number of Topliss-reactive ketones (excluding diaryl/α,β-unsaturated/α-hetero) is 1. The van der Waals surface area contributed by atoms with Crippen molar-refractivity contribution < 1.29 is 4.79 Å². The molecule has 112 valence electrons. The van der Waals surface area contributed by atoms with Crippen LogP contribution in [0.5, 0.6) is 0 Å². The zero-order chi connectivity index (χ0) is 17.1. The number of rotatable bonds is 0. The quantitative estimate of drug-likeness (QED) is 0.682. The maximum atomic E-state index is 13.0. The smallest absolute Gasteiger partial charge is 0.183 e. The maximum Gasteiger partial charge on any atom is 0.183 e. The molecule has 2 bridgehead atoms. The molecule has 1 saturated carbocycles.